The fourth-order valence-electron chi connectivity index (χ4n) is 7.47. The summed E-state index contributed by atoms with van der Waals surface area (Å²) in [6.45, 7) is 14.6. The number of aromatic nitrogens is 3. The summed E-state index contributed by atoms with van der Waals surface area (Å²) >= 11 is 15.2. The number of ether oxygens (including phenoxy) is 5. The number of aliphatic hydroxyl groups is 2. The molecule has 3 heterocycles. The number of anilines is 3. The van der Waals surface area contributed by atoms with Gasteiger partial charge in [0.1, 0.15) is 28.3 Å². The smallest absolute Gasteiger partial charge is 0.407 e. The van der Waals surface area contributed by atoms with Crippen LogP contribution in [0.4, 0.5) is 21.9 Å². The van der Waals surface area contributed by atoms with E-state index in [2.05, 4.69) is 25.1 Å². The molecule has 480 valence electrons. The zero-order valence-electron chi connectivity index (χ0n) is 49.9. The van der Waals surface area contributed by atoms with Crippen molar-refractivity contribution < 1.29 is 63.3 Å². The van der Waals surface area contributed by atoms with E-state index in [1.165, 1.54) is 59.0 Å². The molecule has 1 amide bonds. The van der Waals surface area contributed by atoms with Crippen molar-refractivity contribution in [3.8, 4) is 6.07 Å². The van der Waals surface area contributed by atoms with Gasteiger partial charge in [0.2, 0.25) is 0 Å². The second-order valence-electron chi connectivity index (χ2n) is 18.9. The van der Waals surface area contributed by atoms with Gasteiger partial charge in [-0.2, -0.15) is 5.26 Å². The molecule has 0 aliphatic heterocycles. The van der Waals surface area contributed by atoms with Crippen LogP contribution in [-0.2, 0) is 33.3 Å². The first kappa shape index (κ1) is 75.6. The van der Waals surface area contributed by atoms with Crippen molar-refractivity contribution in [2.75, 3.05) is 153 Å². The number of carboxylic acids is 2. The molecule has 0 saturated carbocycles. The molecule has 23 nitrogen and oxygen atoms in total. The number of aldehydes is 1. The number of nitrogens with zero attached hydrogens (tertiary/aromatic N) is 8. The highest BCUT2D eigenvalue weighted by molar-refractivity contribution is 7.20. The van der Waals surface area contributed by atoms with E-state index >= 15 is 0 Å². The number of fused-ring (bicyclic) bond motifs is 3. The third kappa shape index (κ3) is 30.0. The minimum atomic E-state index is -1.29. The maximum absolute atomic E-state index is 11.9. The molecule has 0 fully saturated rings. The molecule has 0 aliphatic carbocycles. The summed E-state index contributed by atoms with van der Waals surface area (Å²) in [6.07, 6.45) is 11.8. The Morgan fingerprint density at radius 3 is 1.48 bits per heavy atom. The zero-order chi connectivity index (χ0) is 64.3. The standard InChI is InChI=1S/C25H33ClN4O6S.C14H13N3O3S.C11H12N2O2S.C10H22ClNO2/c1-30(20-6-7-21-22(17-20)37-23(29-21)16-19(18-27)24(31)32)10-13-36-25(33)28-9-12-35-15-14-34-11-5-3-2-4-8-26;1-15-11(14(19)20)8-13-16-10-4-3-9(7-12(10)21-13)17(2)5-6-18;1-13(4-5-14)8-2-3-9-10(6-8)16-11(7-15)12-9;11-5-3-1-2-4-7-13-9-10-14-8-6-12/h6-7,16-17H,2-5,8-15H2,1H3,(H,28,33)(H,31,32);3-4,7-8,18H,5-6H2,2H3,(H,19,20);2-3,6-7,14H,4-5H2,1H3;1-10,12H2/b19-16+;11-8-;;. The summed E-state index contributed by atoms with van der Waals surface area (Å²) in [5, 5.41) is 48.7. The van der Waals surface area contributed by atoms with E-state index < -0.39 is 18.0 Å². The summed E-state index contributed by atoms with van der Waals surface area (Å²) in [4.78, 5) is 65.9. The normalized spacial score (nSPS) is 11.1. The maximum Gasteiger partial charge on any atom is 0.407 e. The third-order valence-corrected chi connectivity index (χ3v) is 15.6. The summed E-state index contributed by atoms with van der Waals surface area (Å²) in [5.41, 5.74) is 9.69. The number of halogens is 2. The number of thiazole rings is 3. The topological polar surface area (TPSA) is 310 Å². The third-order valence-electron chi connectivity index (χ3n) is 12.2. The number of carboxylic acid groups (broad SMARTS) is 2. The molecule has 0 spiro atoms. The van der Waals surface area contributed by atoms with E-state index in [0.717, 1.165) is 106 Å². The number of carbonyl (C=O) groups excluding carboxylic acids is 2. The first-order chi connectivity index (χ1) is 42.6. The van der Waals surface area contributed by atoms with Crippen LogP contribution in [0.3, 0.4) is 0 Å². The number of amides is 1. The number of nitriles is 1. The summed E-state index contributed by atoms with van der Waals surface area (Å²) in [7, 11) is 5.66. The van der Waals surface area contributed by atoms with E-state index in [1.54, 1.807) is 6.07 Å². The zero-order valence-corrected chi connectivity index (χ0v) is 53.9. The Bertz CT molecular complexity index is 3160. The van der Waals surface area contributed by atoms with Gasteiger partial charge >= 0.3 is 18.0 Å². The van der Waals surface area contributed by atoms with Gasteiger partial charge in [0.15, 0.2) is 11.3 Å². The first-order valence-electron chi connectivity index (χ1n) is 28.4. The van der Waals surface area contributed by atoms with E-state index in [-0.39, 0.29) is 31.1 Å². The number of aliphatic carboxylic acids is 2. The molecule has 0 saturated heterocycles. The quantitative estimate of drug-likeness (QED) is 0.00524. The average Bonchev–Trinajstić information content (AvgIpc) is 3.17. The van der Waals surface area contributed by atoms with Gasteiger partial charge in [0.25, 0.3) is 5.70 Å². The number of alkyl carbamates (subject to hydrolysis) is 1. The fraction of sp³-hybridized carbons (Fsp3) is 0.483. The molecule has 88 heavy (non-hydrogen) atoms. The molecular formula is C60H80Cl2N10O13S3. The number of likely N-dealkylation sites (N-methyl/N-ethyl adjacent to an activating group) is 3. The van der Waals surface area contributed by atoms with Crippen LogP contribution in [0.15, 0.2) is 65.9 Å². The molecule has 0 atom stereocenters. The highest BCUT2D eigenvalue weighted by atomic mass is 35.5. The molecule has 0 bridgehead atoms. The Balaban J connectivity index is 0.000000334. The second-order valence-corrected chi connectivity index (χ2v) is 22.8. The molecule has 0 unspecified atom stereocenters. The highest BCUT2D eigenvalue weighted by Crippen LogP contribution is 2.30. The molecule has 28 heteroatoms. The Hall–Kier alpha value is -6.63. The lowest BCUT2D eigenvalue weighted by atomic mass is 10.2. The number of nitrogens with one attached hydrogen (secondary N) is 1. The number of unbranched alkanes of at least 4 members (excludes halogenated alkanes) is 6. The number of hydrogen-bond acceptors (Lipinski definition) is 22. The van der Waals surface area contributed by atoms with Gasteiger partial charge in [0, 0.05) is 89.4 Å². The van der Waals surface area contributed by atoms with Gasteiger partial charge in [-0.3, -0.25) is 9.59 Å². The SMILES string of the molecule is CN(CCO)c1ccc2nc(C=O)sc2c1.CN(CCOC(=O)NCCOCCOCCCCCCCl)c1ccc2nc(/C=C(\C#N)C(=O)O)sc2c1.NCCOCCOCCCCCCCl.[C-]#[N+]/C(=C\c1nc2ccc(N(C)CCO)cc2s1)C(=O)O. The van der Waals surface area contributed by atoms with Gasteiger partial charge in [-0.25, -0.2) is 29.4 Å². The first-order valence-corrected chi connectivity index (χ1v) is 31.9. The Morgan fingerprint density at radius 2 is 1.06 bits per heavy atom. The van der Waals surface area contributed by atoms with Crippen molar-refractivity contribution in [3.63, 3.8) is 0 Å². The monoisotopic (exact) mass is 1310 g/mol. The number of rotatable bonds is 38. The average molecular weight is 1320 g/mol. The fourth-order valence-corrected chi connectivity index (χ4v) is 10.5. The van der Waals surface area contributed by atoms with Gasteiger partial charge in [0.05, 0.1) is 96.6 Å². The molecule has 7 N–H and O–H groups in total. The molecule has 3 aromatic heterocycles. The highest BCUT2D eigenvalue weighted by Gasteiger charge is 2.14. The summed E-state index contributed by atoms with van der Waals surface area (Å²) in [5.74, 6) is -1.06. The Kier molecular flexibility index (Phi) is 39.2. The lowest BCUT2D eigenvalue weighted by Gasteiger charge is -2.19. The molecule has 0 radical (unpaired) electrons. The summed E-state index contributed by atoms with van der Waals surface area (Å²) < 4.78 is 29.4. The number of hydrogen-bond donors (Lipinski definition) is 6. The van der Waals surface area contributed by atoms with Gasteiger partial charge in [-0.05, 0) is 92.4 Å². The number of benzene rings is 3. The van der Waals surface area contributed by atoms with Crippen molar-refractivity contribution in [1.82, 2.24) is 20.3 Å². The van der Waals surface area contributed by atoms with Crippen LogP contribution >= 0.6 is 57.2 Å². The number of alkyl halides is 2. The number of aliphatic hydroxyl groups excluding tert-OH is 2. The van der Waals surface area contributed by atoms with E-state index in [4.69, 9.17) is 84.9 Å². The van der Waals surface area contributed by atoms with Gasteiger partial charge < -0.3 is 69.9 Å². The van der Waals surface area contributed by atoms with Gasteiger partial charge in [-0.15, -0.1) is 57.2 Å². The van der Waals surface area contributed by atoms with Crippen LogP contribution < -0.4 is 25.8 Å². The van der Waals surface area contributed by atoms with Crippen molar-refractivity contribution in [3.05, 3.63) is 92.3 Å². The van der Waals surface area contributed by atoms with Crippen molar-refractivity contribution in [2.45, 2.75) is 51.4 Å². The predicted octanol–water partition coefficient (Wildman–Crippen LogP) is 9.67. The molecule has 6 rings (SSSR count). The van der Waals surface area contributed by atoms with Gasteiger partial charge in [-0.1, -0.05) is 25.7 Å². The second kappa shape index (κ2) is 45.6. The lowest BCUT2D eigenvalue weighted by molar-refractivity contribution is -0.133. The minimum absolute atomic E-state index is 0.0676. The Morgan fingerprint density at radius 1 is 0.625 bits per heavy atom. The molecule has 6 aromatic rings. The van der Waals surface area contributed by atoms with Crippen molar-refractivity contribution in [1.29, 1.82) is 5.26 Å². The van der Waals surface area contributed by atoms with E-state index in [0.29, 0.717) is 98.8 Å². The Labute approximate surface area is 535 Å². The van der Waals surface area contributed by atoms with Crippen LogP contribution in [0, 0.1) is 17.9 Å². The van der Waals surface area contributed by atoms with Crippen LogP contribution in [0.25, 0.3) is 47.6 Å². The van der Waals surface area contributed by atoms with Crippen molar-refractivity contribution >= 4 is 141 Å². The molecule has 0 aliphatic rings. The van der Waals surface area contributed by atoms with Crippen molar-refractivity contribution in [2.24, 2.45) is 5.73 Å². The molecular weight excluding hydrogens is 1240 g/mol. The van der Waals surface area contributed by atoms with Crippen LogP contribution in [0.5, 0.6) is 0 Å². The predicted molar refractivity (Wildman–Crippen MR) is 352 cm³/mol. The van der Waals surface area contributed by atoms with Crippen LogP contribution in [0.1, 0.15) is 71.2 Å². The lowest BCUT2D eigenvalue weighted by Crippen LogP contribution is -2.31. The number of nitrogens with two attached hydrogens (primary N) is 1. The minimum Gasteiger partial charge on any atom is -0.486 e. The van der Waals surface area contributed by atoms with E-state index in [1.807, 2.05) is 90.4 Å². The largest absolute Gasteiger partial charge is 0.486 e. The molecule has 3 aromatic carbocycles. The van der Waals surface area contributed by atoms with Crippen LogP contribution in [-0.4, -0.2) is 198 Å². The summed E-state index contributed by atoms with van der Waals surface area (Å²) in [6, 6.07) is 18.7. The number of carbonyl (C=O) groups is 4. The van der Waals surface area contributed by atoms with Crippen LogP contribution in [0.2, 0.25) is 0 Å². The maximum atomic E-state index is 11.9. The van der Waals surface area contributed by atoms with E-state index in [9.17, 15) is 19.2 Å².